The van der Waals surface area contributed by atoms with Crippen LogP contribution in [0, 0.1) is 11.3 Å². The largest absolute Gasteiger partial charge is 0.379 e. The fourth-order valence-electron chi connectivity index (χ4n) is 2.96. The van der Waals surface area contributed by atoms with Crippen molar-refractivity contribution in [2.24, 2.45) is 16.3 Å². The second-order valence-electron chi connectivity index (χ2n) is 7.44. The van der Waals surface area contributed by atoms with E-state index in [4.69, 9.17) is 4.74 Å². The molecule has 0 spiro atoms. The highest BCUT2D eigenvalue weighted by Gasteiger charge is 2.37. The lowest BCUT2D eigenvalue weighted by Crippen LogP contribution is -2.45. The lowest BCUT2D eigenvalue weighted by molar-refractivity contribution is 0.0205. The Balaban J connectivity index is 0.00000288. The molecule has 0 bridgehead atoms. The maximum Gasteiger partial charge on any atom is 0.191 e. The lowest BCUT2D eigenvalue weighted by Gasteiger charge is -2.30. The Morgan fingerprint density at radius 2 is 1.92 bits per heavy atom. The molecule has 0 heterocycles. The van der Waals surface area contributed by atoms with Gasteiger partial charge in [0.2, 0.25) is 0 Å². The van der Waals surface area contributed by atoms with Crippen LogP contribution in [0.25, 0.3) is 0 Å². The number of nitrogens with zero attached hydrogens (tertiary/aromatic N) is 1. The lowest BCUT2D eigenvalue weighted by atomic mass is 9.89. The first-order valence-corrected chi connectivity index (χ1v) is 8.48. The zero-order valence-corrected chi connectivity index (χ0v) is 17.8. The summed E-state index contributed by atoms with van der Waals surface area (Å²) in [6.07, 6.45) is 1.41. The average molecular weight is 445 g/mol. The van der Waals surface area contributed by atoms with Crippen LogP contribution in [-0.2, 0) is 4.74 Å². The van der Waals surface area contributed by atoms with Gasteiger partial charge in [-0.05, 0) is 29.2 Å². The molecule has 1 aliphatic rings. The predicted octanol–water partition coefficient (Wildman–Crippen LogP) is 3.63. The number of rotatable bonds is 6. The number of ether oxygens (including phenoxy) is 1. The molecule has 0 aliphatic heterocycles. The summed E-state index contributed by atoms with van der Waals surface area (Å²) in [5.41, 5.74) is 1.56. The summed E-state index contributed by atoms with van der Waals surface area (Å²) in [6, 6.07) is 10.8. The number of halogens is 1. The molecule has 1 fully saturated rings. The van der Waals surface area contributed by atoms with E-state index in [9.17, 15) is 0 Å². The maximum absolute atomic E-state index is 5.58. The van der Waals surface area contributed by atoms with Gasteiger partial charge in [-0.2, -0.15) is 0 Å². The molecule has 0 radical (unpaired) electrons. The van der Waals surface area contributed by atoms with Crippen molar-refractivity contribution < 1.29 is 4.74 Å². The smallest absolute Gasteiger partial charge is 0.191 e. The van der Waals surface area contributed by atoms with Gasteiger partial charge in [-0.3, -0.25) is 4.99 Å². The molecule has 136 valence electrons. The second kappa shape index (κ2) is 9.61. The van der Waals surface area contributed by atoms with Gasteiger partial charge in [-0.15, -0.1) is 24.0 Å². The third kappa shape index (κ3) is 6.24. The van der Waals surface area contributed by atoms with Gasteiger partial charge in [0, 0.05) is 27.2 Å². The van der Waals surface area contributed by atoms with Gasteiger partial charge in [0.05, 0.1) is 6.10 Å². The summed E-state index contributed by atoms with van der Waals surface area (Å²) < 4.78 is 5.58. The first-order valence-electron chi connectivity index (χ1n) is 8.48. The average Bonchev–Trinajstić information content (AvgIpc) is 3.30. The second-order valence-corrected chi connectivity index (χ2v) is 7.44. The van der Waals surface area contributed by atoms with Crippen LogP contribution in [0.3, 0.4) is 0 Å². The number of hydrogen-bond acceptors (Lipinski definition) is 2. The quantitative estimate of drug-likeness (QED) is 0.400. The van der Waals surface area contributed by atoms with Gasteiger partial charge in [0.15, 0.2) is 5.96 Å². The van der Waals surface area contributed by atoms with E-state index in [0.29, 0.717) is 11.8 Å². The first-order chi connectivity index (χ1) is 11.0. The van der Waals surface area contributed by atoms with Crippen LogP contribution in [0.15, 0.2) is 35.3 Å². The Labute approximate surface area is 163 Å². The molecule has 1 aromatic carbocycles. The molecule has 1 aliphatic carbocycles. The van der Waals surface area contributed by atoms with Crippen LogP contribution in [0.5, 0.6) is 0 Å². The number of nitrogens with one attached hydrogen (secondary N) is 2. The van der Waals surface area contributed by atoms with Crippen molar-refractivity contribution in [1.82, 2.24) is 10.6 Å². The molecule has 3 unspecified atom stereocenters. The Bertz CT molecular complexity index is 513. The SMILES string of the molecule is CN=C(NCC1CC1c1ccccc1)NCC(OC)C(C)(C)C.I. The Hall–Kier alpha value is -0.820. The van der Waals surface area contributed by atoms with Crippen LogP contribution in [0.4, 0.5) is 0 Å². The minimum atomic E-state index is 0. The Kier molecular flexibility index (Phi) is 8.50. The summed E-state index contributed by atoms with van der Waals surface area (Å²) in [6.45, 7) is 8.29. The predicted molar refractivity (Wildman–Crippen MR) is 112 cm³/mol. The molecule has 2 rings (SSSR count). The van der Waals surface area contributed by atoms with E-state index in [2.05, 4.69) is 66.7 Å². The van der Waals surface area contributed by atoms with E-state index >= 15 is 0 Å². The van der Waals surface area contributed by atoms with E-state index in [1.165, 1.54) is 12.0 Å². The van der Waals surface area contributed by atoms with Crippen LogP contribution >= 0.6 is 24.0 Å². The molecule has 24 heavy (non-hydrogen) atoms. The van der Waals surface area contributed by atoms with Crippen molar-refractivity contribution in [2.45, 2.75) is 39.2 Å². The van der Waals surface area contributed by atoms with Crippen molar-refractivity contribution in [3.05, 3.63) is 35.9 Å². The number of guanidine groups is 1. The minimum Gasteiger partial charge on any atom is -0.379 e. The zero-order chi connectivity index (χ0) is 16.9. The highest BCUT2D eigenvalue weighted by atomic mass is 127. The highest BCUT2D eigenvalue weighted by molar-refractivity contribution is 14.0. The number of methoxy groups -OCH3 is 1. The van der Waals surface area contributed by atoms with E-state index in [1.54, 1.807) is 7.11 Å². The normalized spacial score (nSPS) is 21.6. The molecule has 5 heteroatoms. The van der Waals surface area contributed by atoms with Gasteiger partial charge in [-0.1, -0.05) is 51.1 Å². The van der Waals surface area contributed by atoms with E-state index in [1.807, 2.05) is 7.05 Å². The molecule has 1 aromatic rings. The molecule has 4 nitrogen and oxygen atoms in total. The summed E-state index contributed by atoms with van der Waals surface area (Å²) in [5, 5.41) is 6.82. The van der Waals surface area contributed by atoms with E-state index in [-0.39, 0.29) is 35.5 Å². The number of aliphatic imine (C=N–C) groups is 1. The summed E-state index contributed by atoms with van der Waals surface area (Å²) >= 11 is 0. The standard InChI is InChI=1S/C19H31N3O.HI/c1-19(2,3)17(23-5)13-22-18(20-4)21-12-15-11-16(15)14-9-7-6-8-10-14;/h6-10,15-17H,11-13H2,1-5H3,(H2,20,21,22);1H. The van der Waals surface area contributed by atoms with Gasteiger partial charge in [-0.25, -0.2) is 0 Å². The molecule has 0 saturated heterocycles. The Morgan fingerprint density at radius 1 is 1.25 bits per heavy atom. The van der Waals surface area contributed by atoms with Crippen molar-refractivity contribution in [3.63, 3.8) is 0 Å². The maximum atomic E-state index is 5.58. The topological polar surface area (TPSA) is 45.7 Å². The summed E-state index contributed by atoms with van der Waals surface area (Å²) in [7, 11) is 3.58. The van der Waals surface area contributed by atoms with Crippen molar-refractivity contribution in [2.75, 3.05) is 27.2 Å². The van der Waals surface area contributed by atoms with Crippen molar-refractivity contribution in [1.29, 1.82) is 0 Å². The number of benzene rings is 1. The van der Waals surface area contributed by atoms with E-state index < -0.39 is 0 Å². The van der Waals surface area contributed by atoms with Gasteiger partial charge < -0.3 is 15.4 Å². The monoisotopic (exact) mass is 445 g/mol. The highest BCUT2D eigenvalue weighted by Crippen LogP contribution is 2.46. The molecule has 0 amide bonds. The molecule has 2 N–H and O–H groups in total. The zero-order valence-electron chi connectivity index (χ0n) is 15.5. The van der Waals surface area contributed by atoms with Crippen LogP contribution in [-0.4, -0.2) is 39.3 Å². The van der Waals surface area contributed by atoms with Crippen molar-refractivity contribution >= 4 is 29.9 Å². The molecule has 3 atom stereocenters. The summed E-state index contributed by atoms with van der Waals surface area (Å²) in [4.78, 5) is 4.31. The fourth-order valence-corrected chi connectivity index (χ4v) is 2.96. The first kappa shape index (κ1) is 21.2. The third-order valence-electron chi connectivity index (χ3n) is 4.61. The summed E-state index contributed by atoms with van der Waals surface area (Å²) in [5.74, 6) is 2.26. The fraction of sp³-hybridized carbons (Fsp3) is 0.632. The molecule has 0 aromatic heterocycles. The van der Waals surface area contributed by atoms with Crippen LogP contribution < -0.4 is 10.6 Å². The third-order valence-corrected chi connectivity index (χ3v) is 4.61. The van der Waals surface area contributed by atoms with E-state index in [0.717, 1.165) is 19.0 Å². The van der Waals surface area contributed by atoms with Gasteiger partial charge in [0.1, 0.15) is 0 Å². The molecular weight excluding hydrogens is 413 g/mol. The minimum absolute atomic E-state index is 0. The van der Waals surface area contributed by atoms with Gasteiger partial charge in [0.25, 0.3) is 0 Å². The molecule has 1 saturated carbocycles. The number of hydrogen-bond donors (Lipinski definition) is 2. The van der Waals surface area contributed by atoms with Crippen LogP contribution in [0.2, 0.25) is 0 Å². The van der Waals surface area contributed by atoms with Crippen LogP contribution in [0.1, 0.15) is 38.7 Å². The molecular formula is C19H32IN3O. The van der Waals surface area contributed by atoms with Crippen molar-refractivity contribution in [3.8, 4) is 0 Å². The van der Waals surface area contributed by atoms with Gasteiger partial charge >= 0.3 is 0 Å². The Morgan fingerprint density at radius 3 is 2.46 bits per heavy atom.